The lowest BCUT2D eigenvalue weighted by Gasteiger charge is -2.14. The van der Waals surface area contributed by atoms with E-state index in [1.54, 1.807) is 24.3 Å². The molecule has 0 atom stereocenters. The largest absolute Gasteiger partial charge is 0.417 e. The van der Waals surface area contributed by atoms with Crippen LogP contribution in [0.3, 0.4) is 0 Å². The van der Waals surface area contributed by atoms with Crippen LogP contribution in [0.4, 0.5) is 13.2 Å². The van der Waals surface area contributed by atoms with E-state index in [-0.39, 0.29) is 11.4 Å². The molecule has 6 heteroatoms. The number of rotatable bonds is 4. The summed E-state index contributed by atoms with van der Waals surface area (Å²) in [7, 11) is 0. The Balaban J connectivity index is 2.26. The summed E-state index contributed by atoms with van der Waals surface area (Å²) in [6.45, 7) is 0.0819. The molecule has 0 aliphatic carbocycles. The van der Waals surface area contributed by atoms with Crippen molar-refractivity contribution in [3.8, 4) is 0 Å². The van der Waals surface area contributed by atoms with Crippen molar-refractivity contribution in [3.63, 3.8) is 0 Å². The molecule has 0 bridgehead atoms. The fourth-order valence-electron chi connectivity index (χ4n) is 1.82. The molecule has 0 saturated carbocycles. The summed E-state index contributed by atoms with van der Waals surface area (Å²) >= 11 is 7.13. The minimum Gasteiger partial charge on any atom is -0.326 e. The van der Waals surface area contributed by atoms with E-state index in [4.69, 9.17) is 17.3 Å². The molecule has 0 unspecified atom stereocenters. The maximum Gasteiger partial charge on any atom is 0.417 e. The van der Waals surface area contributed by atoms with E-state index in [0.29, 0.717) is 16.3 Å². The minimum atomic E-state index is -4.39. The Morgan fingerprint density at radius 2 is 1.81 bits per heavy atom. The molecule has 2 rings (SSSR count). The molecular weight excluding hydrogens is 319 g/mol. The molecule has 2 aromatic rings. The first-order valence-corrected chi connectivity index (χ1v) is 7.54. The van der Waals surface area contributed by atoms with E-state index in [1.807, 2.05) is 6.07 Å². The zero-order valence-electron chi connectivity index (χ0n) is 11.0. The fraction of sp³-hybridized carbons (Fsp3) is 0.200. The molecule has 2 aromatic carbocycles. The number of thioether (sulfide) groups is 1. The van der Waals surface area contributed by atoms with Crippen LogP contribution in [-0.2, 0) is 18.5 Å². The number of hydrogen-bond acceptors (Lipinski definition) is 2. The molecule has 0 radical (unpaired) electrons. The van der Waals surface area contributed by atoms with Crippen molar-refractivity contribution in [1.29, 1.82) is 0 Å². The third-order valence-corrected chi connectivity index (χ3v) is 4.42. The quantitative estimate of drug-likeness (QED) is 0.788. The Labute approximate surface area is 130 Å². The lowest BCUT2D eigenvalue weighted by Crippen LogP contribution is -2.09. The van der Waals surface area contributed by atoms with Gasteiger partial charge in [-0.05, 0) is 29.3 Å². The minimum absolute atomic E-state index is 0.0819. The van der Waals surface area contributed by atoms with Crippen LogP contribution in [0, 0.1) is 0 Å². The number of nitrogens with two attached hydrogens (primary N) is 1. The SMILES string of the molecule is NCc1ccc(SCc2ccccc2Cl)c(C(F)(F)F)c1. The molecule has 0 heterocycles. The van der Waals surface area contributed by atoms with E-state index in [1.165, 1.54) is 6.07 Å². The monoisotopic (exact) mass is 331 g/mol. The van der Waals surface area contributed by atoms with Gasteiger partial charge in [-0.1, -0.05) is 35.9 Å². The van der Waals surface area contributed by atoms with Crippen molar-refractivity contribution in [3.05, 3.63) is 64.2 Å². The van der Waals surface area contributed by atoms with E-state index in [0.717, 1.165) is 23.4 Å². The van der Waals surface area contributed by atoms with Crippen LogP contribution in [0.5, 0.6) is 0 Å². The maximum atomic E-state index is 13.1. The fourth-order valence-corrected chi connectivity index (χ4v) is 3.16. The van der Waals surface area contributed by atoms with Crippen LogP contribution in [0.15, 0.2) is 47.4 Å². The third kappa shape index (κ3) is 4.15. The summed E-state index contributed by atoms with van der Waals surface area (Å²) in [6.07, 6.45) is -4.39. The summed E-state index contributed by atoms with van der Waals surface area (Å²) in [5.74, 6) is 0.380. The van der Waals surface area contributed by atoms with Crippen LogP contribution in [-0.4, -0.2) is 0 Å². The maximum absolute atomic E-state index is 13.1. The Morgan fingerprint density at radius 1 is 1.10 bits per heavy atom. The van der Waals surface area contributed by atoms with Crippen molar-refractivity contribution >= 4 is 23.4 Å². The summed E-state index contributed by atoms with van der Waals surface area (Å²) in [6, 6.07) is 11.3. The smallest absolute Gasteiger partial charge is 0.326 e. The summed E-state index contributed by atoms with van der Waals surface area (Å²) in [4.78, 5) is 0.180. The molecule has 1 nitrogen and oxygen atoms in total. The Bertz CT molecular complexity index is 629. The highest BCUT2D eigenvalue weighted by Gasteiger charge is 2.33. The standard InChI is InChI=1S/C15H13ClF3NS/c16-13-4-2-1-3-11(13)9-21-14-6-5-10(8-20)7-12(14)15(17,18)19/h1-7H,8-9,20H2. The van der Waals surface area contributed by atoms with Crippen LogP contribution in [0.2, 0.25) is 5.02 Å². The van der Waals surface area contributed by atoms with Gasteiger partial charge < -0.3 is 5.73 Å². The van der Waals surface area contributed by atoms with Crippen molar-refractivity contribution in [1.82, 2.24) is 0 Å². The van der Waals surface area contributed by atoms with Gasteiger partial charge in [0.25, 0.3) is 0 Å². The number of alkyl halides is 3. The average molecular weight is 332 g/mol. The summed E-state index contributed by atoms with van der Waals surface area (Å²) in [5, 5.41) is 0.553. The number of benzene rings is 2. The van der Waals surface area contributed by atoms with Crippen molar-refractivity contribution in [2.75, 3.05) is 0 Å². The molecule has 112 valence electrons. The Morgan fingerprint density at radius 3 is 2.43 bits per heavy atom. The van der Waals surface area contributed by atoms with Crippen molar-refractivity contribution in [2.45, 2.75) is 23.4 Å². The van der Waals surface area contributed by atoms with Crippen LogP contribution >= 0.6 is 23.4 Å². The molecule has 0 spiro atoms. The van der Waals surface area contributed by atoms with E-state index < -0.39 is 11.7 Å². The summed E-state index contributed by atoms with van der Waals surface area (Å²) < 4.78 is 39.3. The highest BCUT2D eigenvalue weighted by molar-refractivity contribution is 7.98. The molecule has 21 heavy (non-hydrogen) atoms. The second-order valence-corrected chi connectivity index (χ2v) is 5.84. The highest BCUT2D eigenvalue weighted by atomic mass is 35.5. The van der Waals surface area contributed by atoms with Crippen LogP contribution in [0.25, 0.3) is 0 Å². The average Bonchev–Trinajstić information content (AvgIpc) is 2.45. The summed E-state index contributed by atoms with van der Waals surface area (Å²) in [5.41, 5.74) is 6.02. The van der Waals surface area contributed by atoms with Gasteiger partial charge in [0.05, 0.1) is 5.56 Å². The number of halogens is 4. The van der Waals surface area contributed by atoms with Gasteiger partial charge in [-0.2, -0.15) is 13.2 Å². The number of hydrogen-bond donors (Lipinski definition) is 1. The van der Waals surface area contributed by atoms with E-state index >= 15 is 0 Å². The van der Waals surface area contributed by atoms with Gasteiger partial charge in [-0.3, -0.25) is 0 Å². The van der Waals surface area contributed by atoms with Gasteiger partial charge in [0.1, 0.15) is 0 Å². The lowest BCUT2D eigenvalue weighted by molar-refractivity contribution is -0.139. The molecule has 0 aliphatic heterocycles. The first-order valence-electron chi connectivity index (χ1n) is 6.18. The molecule has 0 amide bonds. The van der Waals surface area contributed by atoms with Crippen molar-refractivity contribution < 1.29 is 13.2 Å². The molecule has 2 N–H and O–H groups in total. The van der Waals surface area contributed by atoms with Crippen LogP contribution < -0.4 is 5.73 Å². The van der Waals surface area contributed by atoms with Gasteiger partial charge in [0, 0.05) is 22.2 Å². The predicted octanol–water partition coefficient (Wildman–Crippen LogP) is 5.11. The van der Waals surface area contributed by atoms with Gasteiger partial charge in [-0.15, -0.1) is 11.8 Å². The van der Waals surface area contributed by atoms with Crippen molar-refractivity contribution in [2.24, 2.45) is 5.73 Å². The van der Waals surface area contributed by atoms with Gasteiger partial charge in [0.2, 0.25) is 0 Å². The van der Waals surface area contributed by atoms with Gasteiger partial charge in [-0.25, -0.2) is 0 Å². The van der Waals surface area contributed by atoms with E-state index in [9.17, 15) is 13.2 Å². The zero-order valence-corrected chi connectivity index (χ0v) is 12.5. The first kappa shape index (κ1) is 16.2. The van der Waals surface area contributed by atoms with Crippen LogP contribution in [0.1, 0.15) is 16.7 Å². The van der Waals surface area contributed by atoms with Gasteiger partial charge >= 0.3 is 6.18 Å². The Hall–Kier alpha value is -1.17. The lowest BCUT2D eigenvalue weighted by atomic mass is 10.1. The molecular formula is C15H13ClF3NS. The molecule has 0 saturated heterocycles. The molecule has 0 aliphatic rings. The predicted molar refractivity (Wildman–Crippen MR) is 80.3 cm³/mol. The second-order valence-electron chi connectivity index (χ2n) is 4.41. The highest BCUT2D eigenvalue weighted by Crippen LogP contribution is 2.38. The molecule has 0 fully saturated rings. The zero-order chi connectivity index (χ0) is 15.5. The second kappa shape index (κ2) is 6.73. The Kier molecular flexibility index (Phi) is 5.19. The topological polar surface area (TPSA) is 26.0 Å². The molecule has 0 aromatic heterocycles. The third-order valence-electron chi connectivity index (χ3n) is 2.93. The van der Waals surface area contributed by atoms with E-state index in [2.05, 4.69) is 0 Å². The van der Waals surface area contributed by atoms with Gasteiger partial charge in [0.15, 0.2) is 0 Å². The first-order chi connectivity index (χ1) is 9.91. The normalized spacial score (nSPS) is 11.7.